The summed E-state index contributed by atoms with van der Waals surface area (Å²) in [5, 5.41) is 0. The van der Waals surface area contributed by atoms with Crippen molar-refractivity contribution in [3.8, 4) is 0 Å². The molecule has 20 heavy (non-hydrogen) atoms. The highest BCUT2D eigenvalue weighted by Gasteiger charge is 2.26. The average Bonchev–Trinajstić information content (AvgIpc) is 2.40. The Morgan fingerprint density at radius 2 is 1.75 bits per heavy atom. The van der Waals surface area contributed by atoms with Crippen LogP contribution in [0.1, 0.15) is 51.6 Å². The molecule has 4 heteroatoms. The van der Waals surface area contributed by atoms with E-state index in [4.69, 9.17) is 5.73 Å². The minimum Gasteiger partial charge on any atom is -0.329 e. The number of nitrogens with two attached hydrogens (primary N) is 1. The van der Waals surface area contributed by atoms with Gasteiger partial charge in [-0.15, -0.1) is 0 Å². The Morgan fingerprint density at radius 1 is 1.15 bits per heavy atom. The predicted octanol–water partition coefficient (Wildman–Crippen LogP) is 3.87. The van der Waals surface area contributed by atoms with E-state index in [9.17, 15) is 8.78 Å². The molecule has 114 valence electrons. The lowest BCUT2D eigenvalue weighted by Crippen LogP contribution is -2.40. The summed E-state index contributed by atoms with van der Waals surface area (Å²) >= 11 is 0. The van der Waals surface area contributed by atoms with Gasteiger partial charge < -0.3 is 5.73 Å². The zero-order valence-corrected chi connectivity index (χ0v) is 12.7. The largest absolute Gasteiger partial charge is 0.329 e. The minimum atomic E-state index is -0.512. The number of halogens is 2. The van der Waals surface area contributed by atoms with Gasteiger partial charge in [0.05, 0.1) is 6.04 Å². The summed E-state index contributed by atoms with van der Waals surface area (Å²) in [4.78, 5) is 2.09. The molecule has 1 aromatic rings. The van der Waals surface area contributed by atoms with Crippen molar-refractivity contribution >= 4 is 0 Å². The molecule has 1 rings (SSSR count). The first-order valence-electron chi connectivity index (χ1n) is 7.42. The molecule has 0 aliphatic rings. The van der Waals surface area contributed by atoms with Gasteiger partial charge in [-0.3, -0.25) is 4.90 Å². The predicted molar refractivity (Wildman–Crippen MR) is 79.5 cm³/mol. The van der Waals surface area contributed by atoms with Crippen molar-refractivity contribution in [1.82, 2.24) is 4.90 Å². The van der Waals surface area contributed by atoms with Gasteiger partial charge in [0.2, 0.25) is 0 Å². The molecule has 0 heterocycles. The third-order valence-electron chi connectivity index (χ3n) is 3.64. The van der Waals surface area contributed by atoms with E-state index in [-0.39, 0.29) is 18.2 Å². The number of hydrogen-bond acceptors (Lipinski definition) is 2. The van der Waals surface area contributed by atoms with Crippen LogP contribution in [0.15, 0.2) is 18.2 Å². The normalized spacial score (nSPS) is 13.2. The number of nitrogens with zero attached hydrogens (tertiary/aromatic N) is 1. The molecule has 2 N–H and O–H groups in total. The van der Waals surface area contributed by atoms with Gasteiger partial charge in [0.25, 0.3) is 0 Å². The first kappa shape index (κ1) is 17.1. The second-order valence-electron chi connectivity index (χ2n) is 5.43. The molecule has 0 aliphatic heterocycles. The number of hydrogen-bond donors (Lipinski definition) is 1. The Labute approximate surface area is 121 Å². The Balaban J connectivity index is 3.00. The van der Waals surface area contributed by atoms with Crippen LogP contribution in [0.3, 0.4) is 0 Å². The van der Waals surface area contributed by atoms with Crippen molar-refractivity contribution in [3.63, 3.8) is 0 Å². The van der Waals surface area contributed by atoms with Gasteiger partial charge in [-0.25, -0.2) is 8.78 Å². The first-order chi connectivity index (χ1) is 9.52. The van der Waals surface area contributed by atoms with E-state index < -0.39 is 17.7 Å². The quantitative estimate of drug-likeness (QED) is 0.734. The van der Waals surface area contributed by atoms with Gasteiger partial charge >= 0.3 is 0 Å². The van der Waals surface area contributed by atoms with Crippen molar-refractivity contribution in [3.05, 3.63) is 35.4 Å². The highest BCUT2D eigenvalue weighted by molar-refractivity contribution is 5.24. The molecule has 0 amide bonds. The van der Waals surface area contributed by atoms with Gasteiger partial charge in [0.15, 0.2) is 0 Å². The maximum atomic E-state index is 14.0. The smallest absolute Gasteiger partial charge is 0.130 e. The zero-order chi connectivity index (χ0) is 15.1. The molecular weight excluding hydrogens is 258 g/mol. The molecule has 0 saturated heterocycles. The molecule has 1 aromatic carbocycles. The molecule has 0 aliphatic carbocycles. The molecule has 1 atom stereocenters. The summed E-state index contributed by atoms with van der Waals surface area (Å²) in [5.74, 6) is -1.02. The molecule has 0 aromatic heterocycles. The topological polar surface area (TPSA) is 29.3 Å². The summed E-state index contributed by atoms with van der Waals surface area (Å²) in [6.07, 6.45) is 3.24. The monoisotopic (exact) mass is 284 g/mol. The van der Waals surface area contributed by atoms with E-state index in [1.165, 1.54) is 18.2 Å². The lowest BCUT2D eigenvalue weighted by Gasteiger charge is -2.35. The fourth-order valence-electron chi connectivity index (χ4n) is 2.57. The number of rotatable bonds is 8. The lowest BCUT2D eigenvalue weighted by atomic mass is 10.0. The molecule has 0 bridgehead atoms. The maximum Gasteiger partial charge on any atom is 0.130 e. The molecular formula is C16H26F2N2. The third kappa shape index (κ3) is 4.25. The van der Waals surface area contributed by atoms with E-state index in [2.05, 4.69) is 11.8 Å². The highest BCUT2D eigenvalue weighted by atomic mass is 19.1. The average molecular weight is 284 g/mol. The van der Waals surface area contributed by atoms with Crippen molar-refractivity contribution in [2.75, 3.05) is 13.1 Å². The second kappa shape index (κ2) is 8.32. The summed E-state index contributed by atoms with van der Waals surface area (Å²) in [6, 6.07) is 3.77. The third-order valence-corrected chi connectivity index (χ3v) is 3.64. The second-order valence-corrected chi connectivity index (χ2v) is 5.43. The molecule has 0 radical (unpaired) electrons. The van der Waals surface area contributed by atoms with Crippen LogP contribution in [0.4, 0.5) is 8.78 Å². The summed E-state index contributed by atoms with van der Waals surface area (Å²) in [5.41, 5.74) is 5.91. The number of unbranched alkanes of at least 4 members (excludes halogenated alkanes) is 2. The number of benzene rings is 1. The SMILES string of the molecule is CCCCCN(C(C)C)C(CN)c1c(F)cccc1F. The first-order valence-corrected chi connectivity index (χ1v) is 7.42. The van der Waals surface area contributed by atoms with Crippen LogP contribution in [0, 0.1) is 11.6 Å². The summed E-state index contributed by atoms with van der Waals surface area (Å²) in [7, 11) is 0. The Hall–Kier alpha value is -1.00. The van der Waals surface area contributed by atoms with Crippen molar-refractivity contribution in [2.45, 2.75) is 52.1 Å². The molecule has 0 saturated carbocycles. The fourth-order valence-corrected chi connectivity index (χ4v) is 2.57. The van der Waals surface area contributed by atoms with Gasteiger partial charge in [0.1, 0.15) is 11.6 Å². The van der Waals surface area contributed by atoms with E-state index in [1.807, 2.05) is 13.8 Å². The van der Waals surface area contributed by atoms with E-state index in [0.717, 1.165) is 25.8 Å². The van der Waals surface area contributed by atoms with E-state index >= 15 is 0 Å². The minimum absolute atomic E-state index is 0.0974. The molecule has 2 nitrogen and oxygen atoms in total. The van der Waals surface area contributed by atoms with Crippen LogP contribution in [-0.2, 0) is 0 Å². The summed E-state index contributed by atoms with van der Waals surface area (Å²) < 4.78 is 28.0. The van der Waals surface area contributed by atoms with Gasteiger partial charge in [-0.05, 0) is 38.9 Å². The fraction of sp³-hybridized carbons (Fsp3) is 0.625. The summed E-state index contributed by atoms with van der Waals surface area (Å²) in [6.45, 7) is 7.22. The van der Waals surface area contributed by atoms with Crippen LogP contribution < -0.4 is 5.73 Å². The van der Waals surface area contributed by atoms with Crippen molar-refractivity contribution in [2.24, 2.45) is 5.73 Å². The van der Waals surface area contributed by atoms with E-state index in [1.54, 1.807) is 0 Å². The van der Waals surface area contributed by atoms with Crippen LogP contribution in [0.25, 0.3) is 0 Å². The van der Waals surface area contributed by atoms with Gasteiger partial charge in [-0.1, -0.05) is 25.8 Å². The van der Waals surface area contributed by atoms with Crippen LogP contribution in [-0.4, -0.2) is 24.0 Å². The van der Waals surface area contributed by atoms with Crippen LogP contribution in [0.5, 0.6) is 0 Å². The molecule has 0 spiro atoms. The lowest BCUT2D eigenvalue weighted by molar-refractivity contribution is 0.148. The zero-order valence-electron chi connectivity index (χ0n) is 12.7. The van der Waals surface area contributed by atoms with Crippen molar-refractivity contribution < 1.29 is 8.78 Å². The molecule has 0 fully saturated rings. The maximum absolute atomic E-state index is 14.0. The standard InChI is InChI=1S/C16H26F2N2/c1-4-5-6-10-20(12(2)3)15(11-19)16-13(17)8-7-9-14(16)18/h7-9,12,15H,4-6,10-11,19H2,1-3H3. The van der Waals surface area contributed by atoms with E-state index in [0.29, 0.717) is 0 Å². The Kier molecular flexibility index (Phi) is 7.10. The molecule has 1 unspecified atom stereocenters. The van der Waals surface area contributed by atoms with Crippen molar-refractivity contribution in [1.29, 1.82) is 0 Å². The Bertz CT molecular complexity index is 387. The van der Waals surface area contributed by atoms with Gasteiger partial charge in [0, 0.05) is 18.2 Å². The van der Waals surface area contributed by atoms with Crippen LogP contribution >= 0.6 is 0 Å². The van der Waals surface area contributed by atoms with Crippen LogP contribution in [0.2, 0.25) is 0 Å². The highest BCUT2D eigenvalue weighted by Crippen LogP contribution is 2.27. The Morgan fingerprint density at radius 3 is 2.20 bits per heavy atom. The van der Waals surface area contributed by atoms with Gasteiger partial charge in [-0.2, -0.15) is 0 Å².